The van der Waals surface area contributed by atoms with Crippen molar-refractivity contribution in [2.24, 2.45) is 29.1 Å². The maximum atomic E-state index is 13.1. The number of esters is 3. The molecule has 1 unspecified atom stereocenters. The summed E-state index contributed by atoms with van der Waals surface area (Å²) < 4.78 is 17.0. The van der Waals surface area contributed by atoms with Crippen molar-refractivity contribution in [2.45, 2.75) is 156 Å². The second kappa shape index (κ2) is 24.1. The first-order valence-corrected chi connectivity index (χ1v) is 20.3. The molecule has 0 amide bonds. The standard InChI is InChI=1S/C42H71NO6/c1-4-7-8-9-10-11-12-13-14-15-16-17-18-19-20-21-22-39(44)47-32-38(33-48-40(45)23-24-43(5-2)6-3)34-49-41(46)31-42-28-35-25-36(29-42)27-37(26-35)30-42/h10-11,13-14,35-38H,4-9,12,15-34H2,1-3H3/b11-10-,14-13-. The Labute approximate surface area is 299 Å². The number of carbonyl (C=O) groups is 3. The molecule has 0 aliphatic heterocycles. The maximum absolute atomic E-state index is 13.1. The normalized spacial score (nSPS) is 23.5. The van der Waals surface area contributed by atoms with Crippen LogP contribution < -0.4 is 0 Å². The number of hydrogen-bond donors (Lipinski definition) is 0. The molecule has 4 fully saturated rings. The Morgan fingerprint density at radius 1 is 0.633 bits per heavy atom. The third kappa shape index (κ3) is 17.1. The van der Waals surface area contributed by atoms with Crippen molar-refractivity contribution in [1.82, 2.24) is 4.90 Å². The minimum atomic E-state index is -0.363. The van der Waals surface area contributed by atoms with Gasteiger partial charge in [0.1, 0.15) is 19.8 Å². The average molecular weight is 686 g/mol. The van der Waals surface area contributed by atoms with E-state index in [9.17, 15) is 14.4 Å². The van der Waals surface area contributed by atoms with Gasteiger partial charge in [0.05, 0.1) is 18.8 Å². The summed E-state index contributed by atoms with van der Waals surface area (Å²) in [6, 6.07) is 0. The van der Waals surface area contributed by atoms with Gasteiger partial charge in [0.15, 0.2) is 0 Å². The molecule has 0 aromatic heterocycles. The number of hydrogen-bond acceptors (Lipinski definition) is 7. The van der Waals surface area contributed by atoms with Crippen molar-refractivity contribution in [3.8, 4) is 0 Å². The molecule has 4 bridgehead atoms. The summed E-state index contributed by atoms with van der Waals surface area (Å²) in [5.41, 5.74) is 0.118. The zero-order chi connectivity index (χ0) is 35.2. The van der Waals surface area contributed by atoms with Crippen LogP contribution in [0.3, 0.4) is 0 Å². The van der Waals surface area contributed by atoms with E-state index in [-0.39, 0.29) is 49.1 Å². The molecule has 4 aliphatic rings. The van der Waals surface area contributed by atoms with Crippen molar-refractivity contribution < 1.29 is 28.6 Å². The Bertz CT molecular complexity index is 966. The SMILES string of the molecule is CCCCC/C=C\C/C=C\CCCCCCCCC(=O)OCC(COC(=O)CCN(CC)CC)COC(=O)CC12CC3CC(CC(C3)C1)C2. The minimum Gasteiger partial charge on any atom is -0.465 e. The van der Waals surface area contributed by atoms with Gasteiger partial charge >= 0.3 is 17.9 Å². The highest BCUT2D eigenvalue weighted by Crippen LogP contribution is 2.61. The van der Waals surface area contributed by atoms with Gasteiger partial charge in [0.2, 0.25) is 0 Å². The van der Waals surface area contributed by atoms with Crippen molar-refractivity contribution in [3.63, 3.8) is 0 Å². The topological polar surface area (TPSA) is 82.1 Å². The maximum Gasteiger partial charge on any atom is 0.307 e. The molecule has 4 aliphatic carbocycles. The van der Waals surface area contributed by atoms with E-state index in [1.165, 1.54) is 64.2 Å². The minimum absolute atomic E-state index is 0.0833. The van der Waals surface area contributed by atoms with E-state index >= 15 is 0 Å². The Morgan fingerprint density at radius 2 is 1.12 bits per heavy atom. The Balaban J connectivity index is 1.29. The summed E-state index contributed by atoms with van der Waals surface area (Å²) in [6.45, 7) is 9.10. The highest BCUT2D eigenvalue weighted by atomic mass is 16.6. The van der Waals surface area contributed by atoms with Crippen LogP contribution in [0.5, 0.6) is 0 Å². The molecule has 7 heteroatoms. The largest absolute Gasteiger partial charge is 0.465 e. The first-order valence-electron chi connectivity index (χ1n) is 20.3. The van der Waals surface area contributed by atoms with E-state index in [1.807, 2.05) is 0 Å². The van der Waals surface area contributed by atoms with Gasteiger partial charge in [-0.15, -0.1) is 0 Å². The summed E-state index contributed by atoms with van der Waals surface area (Å²) in [4.78, 5) is 40.3. The van der Waals surface area contributed by atoms with Crippen LogP contribution in [0.4, 0.5) is 0 Å². The summed E-state index contributed by atoms with van der Waals surface area (Å²) in [5, 5.41) is 0. The molecule has 280 valence electrons. The fourth-order valence-electron chi connectivity index (χ4n) is 8.83. The summed E-state index contributed by atoms with van der Waals surface area (Å²) in [7, 11) is 0. The van der Waals surface area contributed by atoms with Crippen molar-refractivity contribution in [2.75, 3.05) is 39.5 Å². The fourth-order valence-corrected chi connectivity index (χ4v) is 8.83. The molecular weight excluding hydrogens is 614 g/mol. The summed E-state index contributed by atoms with van der Waals surface area (Å²) in [6.07, 6.45) is 31.7. The molecule has 1 atom stereocenters. The summed E-state index contributed by atoms with van der Waals surface area (Å²) >= 11 is 0. The van der Waals surface area contributed by atoms with Crippen LogP contribution in [0.1, 0.15) is 156 Å². The molecule has 0 spiro atoms. The quantitative estimate of drug-likeness (QED) is 0.0351. The predicted molar refractivity (Wildman–Crippen MR) is 198 cm³/mol. The zero-order valence-corrected chi connectivity index (χ0v) is 31.6. The van der Waals surface area contributed by atoms with Crippen LogP contribution >= 0.6 is 0 Å². The second-order valence-electron chi connectivity index (χ2n) is 15.6. The van der Waals surface area contributed by atoms with Crippen LogP contribution in [-0.2, 0) is 28.6 Å². The van der Waals surface area contributed by atoms with Gasteiger partial charge in [-0.05, 0) is 113 Å². The molecule has 0 radical (unpaired) electrons. The average Bonchev–Trinajstić information content (AvgIpc) is 3.07. The van der Waals surface area contributed by atoms with Gasteiger partial charge < -0.3 is 19.1 Å². The number of rotatable bonds is 28. The lowest BCUT2D eigenvalue weighted by molar-refractivity contribution is -0.157. The van der Waals surface area contributed by atoms with E-state index < -0.39 is 0 Å². The van der Waals surface area contributed by atoms with Gasteiger partial charge in [0, 0.05) is 13.0 Å². The van der Waals surface area contributed by atoms with Gasteiger partial charge in [-0.2, -0.15) is 0 Å². The van der Waals surface area contributed by atoms with Crippen LogP contribution in [0.2, 0.25) is 0 Å². The van der Waals surface area contributed by atoms with Gasteiger partial charge in [-0.25, -0.2) is 0 Å². The molecule has 0 aromatic carbocycles. The van der Waals surface area contributed by atoms with Gasteiger partial charge in [0.25, 0.3) is 0 Å². The number of carbonyl (C=O) groups excluding carboxylic acids is 3. The molecule has 4 rings (SSSR count). The van der Waals surface area contributed by atoms with E-state index in [0.29, 0.717) is 25.8 Å². The smallest absolute Gasteiger partial charge is 0.307 e. The molecule has 0 aromatic rings. The number of ether oxygens (including phenoxy) is 3. The predicted octanol–water partition coefficient (Wildman–Crippen LogP) is 9.77. The van der Waals surface area contributed by atoms with Crippen LogP contribution in [0.25, 0.3) is 0 Å². The van der Waals surface area contributed by atoms with E-state index in [0.717, 1.165) is 82.2 Å². The van der Waals surface area contributed by atoms with E-state index in [2.05, 4.69) is 50.0 Å². The highest BCUT2D eigenvalue weighted by molar-refractivity contribution is 5.71. The molecule has 0 saturated heterocycles. The van der Waals surface area contributed by atoms with Crippen molar-refractivity contribution >= 4 is 17.9 Å². The molecule has 4 saturated carbocycles. The highest BCUT2D eigenvalue weighted by Gasteiger charge is 2.51. The van der Waals surface area contributed by atoms with Crippen molar-refractivity contribution in [1.29, 1.82) is 0 Å². The van der Waals surface area contributed by atoms with E-state index in [1.54, 1.807) is 0 Å². The molecular formula is C42H71NO6. The lowest BCUT2D eigenvalue weighted by Crippen LogP contribution is -2.47. The third-order valence-electron chi connectivity index (χ3n) is 11.2. The second-order valence-corrected chi connectivity index (χ2v) is 15.6. The monoisotopic (exact) mass is 686 g/mol. The number of unbranched alkanes of at least 4 members (excludes halogenated alkanes) is 9. The molecule has 49 heavy (non-hydrogen) atoms. The Morgan fingerprint density at radius 3 is 1.67 bits per heavy atom. The van der Waals surface area contributed by atoms with Gasteiger partial charge in [-0.3, -0.25) is 14.4 Å². The molecule has 7 nitrogen and oxygen atoms in total. The van der Waals surface area contributed by atoms with Crippen LogP contribution in [0.15, 0.2) is 24.3 Å². The number of allylic oxidation sites excluding steroid dienone is 4. The van der Waals surface area contributed by atoms with Crippen LogP contribution in [0, 0.1) is 29.1 Å². The zero-order valence-electron chi connectivity index (χ0n) is 31.6. The molecule has 0 N–H and O–H groups in total. The van der Waals surface area contributed by atoms with E-state index in [4.69, 9.17) is 14.2 Å². The first kappa shape index (κ1) is 41.3. The number of nitrogens with zero attached hydrogens (tertiary/aromatic N) is 1. The van der Waals surface area contributed by atoms with Crippen LogP contribution in [-0.4, -0.2) is 62.3 Å². The third-order valence-corrected chi connectivity index (χ3v) is 11.2. The summed E-state index contributed by atoms with van der Waals surface area (Å²) in [5.74, 6) is 1.32. The first-order chi connectivity index (χ1) is 23.8. The van der Waals surface area contributed by atoms with Gasteiger partial charge in [-0.1, -0.05) is 83.6 Å². The van der Waals surface area contributed by atoms with Crippen molar-refractivity contribution in [3.05, 3.63) is 24.3 Å². The lowest BCUT2D eigenvalue weighted by Gasteiger charge is -2.56. The lowest BCUT2D eigenvalue weighted by atomic mass is 9.49. The Hall–Kier alpha value is -2.15. The molecule has 0 heterocycles. The Kier molecular flexibility index (Phi) is 20.3. The fraction of sp³-hybridized carbons (Fsp3) is 0.833.